The van der Waals surface area contributed by atoms with E-state index in [-0.39, 0.29) is 5.91 Å². The van der Waals surface area contributed by atoms with Gasteiger partial charge in [-0.15, -0.1) is 0 Å². The Morgan fingerprint density at radius 2 is 1.73 bits per heavy atom. The molecule has 0 spiro atoms. The lowest BCUT2D eigenvalue weighted by Crippen LogP contribution is -2.29. The molecule has 1 aromatic heterocycles. The van der Waals surface area contributed by atoms with Gasteiger partial charge in [0.15, 0.2) is 0 Å². The van der Waals surface area contributed by atoms with Crippen molar-refractivity contribution in [3.63, 3.8) is 0 Å². The van der Waals surface area contributed by atoms with E-state index in [0.717, 1.165) is 18.8 Å². The van der Waals surface area contributed by atoms with Crippen molar-refractivity contribution in [2.24, 2.45) is 0 Å². The van der Waals surface area contributed by atoms with Crippen molar-refractivity contribution < 1.29 is 4.79 Å². The number of rotatable bonds is 5. The lowest BCUT2D eigenvalue weighted by atomic mass is 10.1. The molecule has 2 aromatic carbocycles. The number of amides is 1. The maximum absolute atomic E-state index is 12.5. The van der Waals surface area contributed by atoms with Gasteiger partial charge < -0.3 is 15.5 Å². The fraction of sp³-hybridized carbons (Fsp3) is 0.208. The van der Waals surface area contributed by atoms with Gasteiger partial charge in [0, 0.05) is 30.7 Å². The number of pyridine rings is 1. The Kier molecular flexibility index (Phi) is 5.90. The number of nitrogens with one attached hydrogen (secondary N) is 2. The van der Waals surface area contributed by atoms with Crippen LogP contribution in [0.3, 0.4) is 0 Å². The highest BCUT2D eigenvalue weighted by atomic mass is 16.1. The lowest BCUT2D eigenvalue weighted by Gasteiger charge is -2.28. The van der Waals surface area contributed by atoms with E-state index in [0.29, 0.717) is 22.6 Å². The Morgan fingerprint density at radius 3 is 2.43 bits per heavy atom. The molecule has 0 saturated carbocycles. The number of piperidine rings is 1. The number of hydrogen-bond donors (Lipinski definition) is 2. The number of carbonyl (C=O) groups is 1. The molecule has 2 heterocycles. The molecule has 1 aliphatic rings. The minimum Gasteiger partial charge on any atom is -0.372 e. The van der Waals surface area contributed by atoms with Crippen molar-refractivity contribution in [2.45, 2.75) is 19.3 Å². The number of para-hydroxylation sites is 1. The number of hydrogen-bond acceptors (Lipinski definition) is 5. The van der Waals surface area contributed by atoms with Gasteiger partial charge in [0.2, 0.25) is 0 Å². The van der Waals surface area contributed by atoms with Crippen LogP contribution in [0.5, 0.6) is 0 Å². The van der Waals surface area contributed by atoms with Crippen LogP contribution in [-0.2, 0) is 0 Å². The molecule has 1 fully saturated rings. The normalized spacial score (nSPS) is 13.4. The van der Waals surface area contributed by atoms with Crippen molar-refractivity contribution >= 4 is 28.8 Å². The molecule has 4 rings (SSSR count). The topological polar surface area (TPSA) is 81.0 Å². The smallest absolute Gasteiger partial charge is 0.257 e. The van der Waals surface area contributed by atoms with Crippen molar-refractivity contribution in [1.82, 2.24) is 4.98 Å². The zero-order chi connectivity index (χ0) is 20.8. The standard InChI is InChI=1S/C24H23N5O/c25-16-18-6-2-3-7-22(18)28-23-13-8-19(17-26-23)24(30)27-20-9-11-21(12-10-20)29-14-4-1-5-15-29/h2-3,6-13,17H,1,4-5,14-15H2,(H,26,28)(H,27,30). The molecule has 150 valence electrons. The number of nitriles is 1. The van der Waals surface area contributed by atoms with E-state index in [2.05, 4.69) is 38.7 Å². The van der Waals surface area contributed by atoms with Gasteiger partial charge in [-0.2, -0.15) is 5.26 Å². The number of nitrogens with zero attached hydrogens (tertiary/aromatic N) is 3. The summed E-state index contributed by atoms with van der Waals surface area (Å²) in [5.41, 5.74) is 3.63. The molecule has 6 nitrogen and oxygen atoms in total. The second kappa shape index (κ2) is 9.10. The molecule has 0 aliphatic carbocycles. The third-order valence-electron chi connectivity index (χ3n) is 5.18. The Labute approximate surface area is 176 Å². The fourth-order valence-electron chi connectivity index (χ4n) is 3.54. The first-order valence-corrected chi connectivity index (χ1v) is 10.1. The maximum atomic E-state index is 12.5. The summed E-state index contributed by atoms with van der Waals surface area (Å²) in [5, 5.41) is 15.2. The second-order valence-electron chi connectivity index (χ2n) is 7.26. The highest BCUT2D eigenvalue weighted by molar-refractivity contribution is 6.04. The number of benzene rings is 2. The zero-order valence-electron chi connectivity index (χ0n) is 16.6. The Morgan fingerprint density at radius 1 is 0.967 bits per heavy atom. The first-order valence-electron chi connectivity index (χ1n) is 10.1. The summed E-state index contributed by atoms with van der Waals surface area (Å²) in [6, 6.07) is 20.8. The van der Waals surface area contributed by atoms with Gasteiger partial charge in [0.25, 0.3) is 5.91 Å². The SMILES string of the molecule is N#Cc1ccccc1Nc1ccc(C(=O)Nc2ccc(N3CCCCC3)cc2)cn1. The summed E-state index contributed by atoms with van der Waals surface area (Å²) in [6.45, 7) is 2.19. The van der Waals surface area contributed by atoms with Crippen LogP contribution in [0.25, 0.3) is 0 Å². The van der Waals surface area contributed by atoms with Gasteiger partial charge >= 0.3 is 0 Å². The van der Waals surface area contributed by atoms with Gasteiger partial charge in [0.05, 0.1) is 16.8 Å². The van der Waals surface area contributed by atoms with Crippen molar-refractivity contribution in [2.75, 3.05) is 28.6 Å². The van der Waals surface area contributed by atoms with Gasteiger partial charge in [-0.1, -0.05) is 12.1 Å². The molecule has 0 radical (unpaired) electrons. The summed E-state index contributed by atoms with van der Waals surface area (Å²) < 4.78 is 0. The first-order chi connectivity index (χ1) is 14.7. The fourth-order valence-corrected chi connectivity index (χ4v) is 3.54. The van der Waals surface area contributed by atoms with E-state index in [1.165, 1.54) is 31.1 Å². The molecular weight excluding hydrogens is 374 g/mol. The van der Waals surface area contributed by atoms with Gasteiger partial charge in [-0.3, -0.25) is 4.79 Å². The number of aromatic nitrogens is 1. The Balaban J connectivity index is 1.38. The van der Waals surface area contributed by atoms with Crippen LogP contribution in [0.1, 0.15) is 35.2 Å². The van der Waals surface area contributed by atoms with Crippen LogP contribution < -0.4 is 15.5 Å². The van der Waals surface area contributed by atoms with Crippen LogP contribution in [0.2, 0.25) is 0 Å². The van der Waals surface area contributed by atoms with E-state index in [1.807, 2.05) is 30.3 Å². The predicted octanol–water partition coefficient (Wildman–Crippen LogP) is 4.94. The molecule has 0 bridgehead atoms. The molecule has 0 unspecified atom stereocenters. The van der Waals surface area contributed by atoms with Gasteiger partial charge in [-0.05, 0) is 67.8 Å². The van der Waals surface area contributed by atoms with E-state index < -0.39 is 0 Å². The molecule has 30 heavy (non-hydrogen) atoms. The van der Waals surface area contributed by atoms with Crippen molar-refractivity contribution in [1.29, 1.82) is 5.26 Å². The third kappa shape index (κ3) is 4.58. The first kappa shape index (κ1) is 19.5. The second-order valence-corrected chi connectivity index (χ2v) is 7.26. The minimum absolute atomic E-state index is 0.211. The molecule has 1 aliphatic heterocycles. The number of carbonyl (C=O) groups excluding carboxylic acids is 1. The quantitative estimate of drug-likeness (QED) is 0.637. The van der Waals surface area contributed by atoms with E-state index in [9.17, 15) is 10.1 Å². The van der Waals surface area contributed by atoms with E-state index >= 15 is 0 Å². The largest absolute Gasteiger partial charge is 0.372 e. The molecule has 3 aromatic rings. The van der Waals surface area contributed by atoms with E-state index in [1.54, 1.807) is 18.2 Å². The summed E-state index contributed by atoms with van der Waals surface area (Å²) in [6.07, 6.45) is 5.30. The molecule has 1 amide bonds. The number of anilines is 4. The summed E-state index contributed by atoms with van der Waals surface area (Å²) in [4.78, 5) is 19.2. The Hall–Kier alpha value is -3.85. The van der Waals surface area contributed by atoms with Crippen LogP contribution in [0.4, 0.5) is 22.9 Å². The monoisotopic (exact) mass is 397 g/mol. The average Bonchev–Trinajstić information content (AvgIpc) is 2.81. The van der Waals surface area contributed by atoms with Crippen LogP contribution in [0.15, 0.2) is 66.9 Å². The highest BCUT2D eigenvalue weighted by Gasteiger charge is 2.12. The molecule has 0 atom stereocenters. The molecule has 6 heteroatoms. The molecular formula is C24H23N5O. The summed E-state index contributed by atoms with van der Waals surface area (Å²) >= 11 is 0. The predicted molar refractivity (Wildman–Crippen MR) is 119 cm³/mol. The van der Waals surface area contributed by atoms with Crippen LogP contribution in [0, 0.1) is 11.3 Å². The summed E-state index contributed by atoms with van der Waals surface area (Å²) in [5.74, 6) is 0.359. The van der Waals surface area contributed by atoms with Gasteiger partial charge in [-0.25, -0.2) is 4.98 Å². The third-order valence-corrected chi connectivity index (χ3v) is 5.18. The van der Waals surface area contributed by atoms with Crippen molar-refractivity contribution in [3.8, 4) is 6.07 Å². The highest BCUT2D eigenvalue weighted by Crippen LogP contribution is 2.22. The minimum atomic E-state index is -0.211. The molecule has 2 N–H and O–H groups in total. The average molecular weight is 397 g/mol. The summed E-state index contributed by atoms with van der Waals surface area (Å²) in [7, 11) is 0. The lowest BCUT2D eigenvalue weighted by molar-refractivity contribution is 0.102. The Bertz CT molecular complexity index is 1050. The van der Waals surface area contributed by atoms with Crippen LogP contribution in [-0.4, -0.2) is 24.0 Å². The van der Waals surface area contributed by atoms with Crippen LogP contribution >= 0.6 is 0 Å². The zero-order valence-corrected chi connectivity index (χ0v) is 16.6. The van der Waals surface area contributed by atoms with E-state index in [4.69, 9.17) is 0 Å². The van der Waals surface area contributed by atoms with Crippen molar-refractivity contribution in [3.05, 3.63) is 78.0 Å². The maximum Gasteiger partial charge on any atom is 0.257 e. The van der Waals surface area contributed by atoms with Gasteiger partial charge in [0.1, 0.15) is 11.9 Å². The molecule has 1 saturated heterocycles.